The molecule has 0 saturated carbocycles. The summed E-state index contributed by atoms with van der Waals surface area (Å²) in [5.74, 6) is -0.249. The second-order valence-electron chi connectivity index (χ2n) is 2.41. The minimum Gasteiger partial charge on any atom is -0.870 e. The average Bonchev–Trinajstić information content (AvgIpc) is 2.12. The molecule has 0 saturated heterocycles. The Labute approximate surface area is 68.7 Å². The number of rotatable bonds is 0. The highest BCUT2D eigenvalue weighted by Gasteiger charge is 1.96. The fraction of sp³-hybridized carbons (Fsp3) is 0. The fourth-order valence-electron chi connectivity index (χ4n) is 1.01. The van der Waals surface area contributed by atoms with E-state index in [0.717, 1.165) is 0 Å². The van der Waals surface area contributed by atoms with Gasteiger partial charge in [0, 0.05) is 18.1 Å². The van der Waals surface area contributed by atoms with Crippen molar-refractivity contribution in [2.75, 3.05) is 5.73 Å². The first kappa shape index (κ1) is 6.84. The second kappa shape index (κ2) is 2.34. The van der Waals surface area contributed by atoms with Crippen LogP contribution in [-0.2, 0) is 0 Å². The van der Waals surface area contributed by atoms with E-state index in [9.17, 15) is 5.11 Å². The van der Waals surface area contributed by atoms with E-state index >= 15 is 0 Å². The highest BCUT2D eigenvalue weighted by Crippen LogP contribution is 2.22. The van der Waals surface area contributed by atoms with E-state index in [2.05, 4.69) is 9.97 Å². The standard InChI is InChI=1S/C8H7N3O/c9-5-4-11-6-2-1-3-10-7(6)8(5)12/h1-4H,9H2,(H,11,12)/p-1. The van der Waals surface area contributed by atoms with Gasteiger partial charge in [0.25, 0.3) is 0 Å². The summed E-state index contributed by atoms with van der Waals surface area (Å²) in [6.45, 7) is 0. The number of pyridine rings is 2. The third-order valence-electron chi connectivity index (χ3n) is 1.61. The lowest BCUT2D eigenvalue weighted by atomic mass is 10.3. The maximum atomic E-state index is 11.3. The van der Waals surface area contributed by atoms with Gasteiger partial charge in [0.2, 0.25) is 0 Å². The number of fused-ring (bicyclic) bond motifs is 1. The zero-order chi connectivity index (χ0) is 8.55. The van der Waals surface area contributed by atoms with Gasteiger partial charge in [-0.25, -0.2) is 0 Å². The number of nitrogens with zero attached hydrogens (tertiary/aromatic N) is 2. The largest absolute Gasteiger partial charge is 0.870 e. The molecule has 0 bridgehead atoms. The van der Waals surface area contributed by atoms with Gasteiger partial charge in [-0.2, -0.15) is 0 Å². The molecule has 2 heterocycles. The van der Waals surface area contributed by atoms with Crippen LogP contribution in [0.1, 0.15) is 0 Å². The van der Waals surface area contributed by atoms with Gasteiger partial charge in [0.1, 0.15) is 0 Å². The predicted octanol–water partition coefficient (Wildman–Crippen LogP) is 0.286. The van der Waals surface area contributed by atoms with Crippen molar-refractivity contribution in [3.05, 3.63) is 24.5 Å². The predicted molar refractivity (Wildman–Crippen MR) is 43.4 cm³/mol. The molecular weight excluding hydrogens is 154 g/mol. The maximum absolute atomic E-state index is 11.3. The quantitative estimate of drug-likeness (QED) is 0.600. The summed E-state index contributed by atoms with van der Waals surface area (Å²) in [5.41, 5.74) is 6.42. The van der Waals surface area contributed by atoms with Crippen molar-refractivity contribution in [3.8, 4) is 5.75 Å². The first-order chi connectivity index (χ1) is 5.79. The molecule has 2 aromatic heterocycles. The number of hydrogen-bond acceptors (Lipinski definition) is 4. The van der Waals surface area contributed by atoms with E-state index in [-0.39, 0.29) is 11.4 Å². The summed E-state index contributed by atoms with van der Waals surface area (Å²) in [6.07, 6.45) is 2.90. The summed E-state index contributed by atoms with van der Waals surface area (Å²) >= 11 is 0. The van der Waals surface area contributed by atoms with E-state index in [4.69, 9.17) is 5.73 Å². The molecule has 0 amide bonds. The molecule has 0 fully saturated rings. The molecule has 0 aliphatic heterocycles. The van der Waals surface area contributed by atoms with Crippen molar-refractivity contribution in [3.63, 3.8) is 0 Å². The van der Waals surface area contributed by atoms with Gasteiger partial charge in [-0.3, -0.25) is 9.97 Å². The van der Waals surface area contributed by atoms with Gasteiger partial charge < -0.3 is 10.8 Å². The van der Waals surface area contributed by atoms with Crippen LogP contribution in [0.3, 0.4) is 0 Å². The van der Waals surface area contributed by atoms with Crippen LogP contribution in [0.4, 0.5) is 5.69 Å². The monoisotopic (exact) mass is 160 g/mol. The molecule has 60 valence electrons. The van der Waals surface area contributed by atoms with Crippen molar-refractivity contribution in [1.82, 2.24) is 9.97 Å². The highest BCUT2D eigenvalue weighted by atomic mass is 16.3. The topological polar surface area (TPSA) is 74.9 Å². The van der Waals surface area contributed by atoms with Crippen LogP contribution in [0, 0.1) is 0 Å². The van der Waals surface area contributed by atoms with Crippen LogP contribution in [0.15, 0.2) is 24.5 Å². The Balaban J connectivity index is 2.91. The lowest BCUT2D eigenvalue weighted by molar-refractivity contribution is -0.264. The Morgan fingerprint density at radius 2 is 2.17 bits per heavy atom. The van der Waals surface area contributed by atoms with Crippen LogP contribution in [0.25, 0.3) is 11.0 Å². The molecule has 0 aliphatic carbocycles. The molecule has 4 heteroatoms. The van der Waals surface area contributed by atoms with Crippen LogP contribution in [0.5, 0.6) is 5.75 Å². The Kier molecular flexibility index (Phi) is 1.33. The zero-order valence-electron chi connectivity index (χ0n) is 6.19. The summed E-state index contributed by atoms with van der Waals surface area (Å²) in [6, 6.07) is 3.45. The molecule has 0 atom stereocenters. The molecule has 2 aromatic rings. The minimum absolute atomic E-state index is 0.140. The first-order valence-corrected chi connectivity index (χ1v) is 3.45. The van der Waals surface area contributed by atoms with Crippen molar-refractivity contribution in [1.29, 1.82) is 0 Å². The number of aromatic nitrogens is 2. The number of anilines is 1. The van der Waals surface area contributed by atoms with Crippen molar-refractivity contribution < 1.29 is 5.11 Å². The molecule has 0 aliphatic rings. The fourth-order valence-corrected chi connectivity index (χ4v) is 1.01. The molecular formula is C8H6N3O-. The van der Waals surface area contributed by atoms with E-state index in [0.29, 0.717) is 11.0 Å². The van der Waals surface area contributed by atoms with Crippen LogP contribution >= 0.6 is 0 Å². The first-order valence-electron chi connectivity index (χ1n) is 3.45. The summed E-state index contributed by atoms with van der Waals surface area (Å²) in [5, 5.41) is 11.3. The average molecular weight is 160 g/mol. The summed E-state index contributed by atoms with van der Waals surface area (Å²) in [7, 11) is 0. The number of hydrogen-bond donors (Lipinski definition) is 1. The summed E-state index contributed by atoms with van der Waals surface area (Å²) in [4.78, 5) is 7.84. The van der Waals surface area contributed by atoms with Gasteiger partial charge in [0.05, 0.1) is 11.0 Å². The Bertz CT molecular complexity index is 428. The zero-order valence-corrected chi connectivity index (χ0v) is 6.19. The molecule has 4 nitrogen and oxygen atoms in total. The third kappa shape index (κ3) is 0.852. The van der Waals surface area contributed by atoms with Gasteiger partial charge in [-0.1, -0.05) is 5.75 Å². The second-order valence-corrected chi connectivity index (χ2v) is 2.41. The molecule has 2 N–H and O–H groups in total. The SMILES string of the molecule is Nc1cnc2cccnc2c1[O-]. The lowest BCUT2D eigenvalue weighted by Crippen LogP contribution is -2.00. The lowest BCUT2D eigenvalue weighted by Gasteiger charge is -2.10. The third-order valence-corrected chi connectivity index (χ3v) is 1.61. The molecule has 12 heavy (non-hydrogen) atoms. The van der Waals surface area contributed by atoms with Gasteiger partial charge >= 0.3 is 0 Å². The van der Waals surface area contributed by atoms with Crippen LogP contribution < -0.4 is 10.8 Å². The number of nitrogens with two attached hydrogens (primary N) is 1. The molecule has 0 unspecified atom stereocenters. The smallest absolute Gasteiger partial charge is 0.0882 e. The van der Waals surface area contributed by atoms with Gasteiger partial charge in [-0.05, 0) is 12.1 Å². The molecule has 0 spiro atoms. The normalized spacial score (nSPS) is 10.3. The maximum Gasteiger partial charge on any atom is 0.0882 e. The van der Waals surface area contributed by atoms with Crippen LogP contribution in [0.2, 0.25) is 0 Å². The Morgan fingerprint density at radius 3 is 3.00 bits per heavy atom. The van der Waals surface area contributed by atoms with E-state index in [1.54, 1.807) is 18.3 Å². The summed E-state index contributed by atoms with van der Waals surface area (Å²) < 4.78 is 0. The highest BCUT2D eigenvalue weighted by molar-refractivity contribution is 5.84. The van der Waals surface area contributed by atoms with Crippen molar-refractivity contribution in [2.24, 2.45) is 0 Å². The Hall–Kier alpha value is -1.84. The molecule has 0 radical (unpaired) electrons. The number of nitrogen functional groups attached to an aromatic ring is 1. The van der Waals surface area contributed by atoms with Gasteiger partial charge in [-0.15, -0.1) is 0 Å². The van der Waals surface area contributed by atoms with E-state index < -0.39 is 0 Å². The van der Waals surface area contributed by atoms with E-state index in [1.807, 2.05) is 0 Å². The molecule has 0 aromatic carbocycles. The molecule has 2 rings (SSSR count). The van der Waals surface area contributed by atoms with Crippen LogP contribution in [-0.4, -0.2) is 9.97 Å². The minimum atomic E-state index is -0.249. The van der Waals surface area contributed by atoms with Crippen molar-refractivity contribution in [2.45, 2.75) is 0 Å². The van der Waals surface area contributed by atoms with Gasteiger partial charge in [0.15, 0.2) is 0 Å². The van der Waals surface area contributed by atoms with Crippen molar-refractivity contribution >= 4 is 16.7 Å². The Morgan fingerprint density at radius 1 is 1.33 bits per heavy atom. The van der Waals surface area contributed by atoms with E-state index in [1.165, 1.54) is 6.20 Å².